The van der Waals surface area contributed by atoms with Crippen molar-refractivity contribution < 1.29 is 4.79 Å². The van der Waals surface area contributed by atoms with Crippen LogP contribution in [0.1, 0.15) is 39.0 Å². The number of hydrogen-bond donors (Lipinski definition) is 1. The van der Waals surface area contributed by atoms with Crippen LogP contribution in [0.4, 0.5) is 0 Å². The Morgan fingerprint density at radius 2 is 2.00 bits per heavy atom. The van der Waals surface area contributed by atoms with E-state index < -0.39 is 0 Å². The molecule has 2 aliphatic rings. The zero-order valence-electron chi connectivity index (χ0n) is 7.02. The highest BCUT2D eigenvalue weighted by atomic mass is 16.2. The summed E-state index contributed by atoms with van der Waals surface area (Å²) in [7, 11) is 0. The lowest BCUT2D eigenvalue weighted by atomic mass is 9.71. The van der Waals surface area contributed by atoms with Crippen LogP contribution in [0.5, 0.6) is 0 Å². The summed E-state index contributed by atoms with van der Waals surface area (Å²) < 4.78 is 0. The van der Waals surface area contributed by atoms with Crippen molar-refractivity contribution >= 4 is 5.91 Å². The smallest absolute Gasteiger partial charge is 0.222 e. The average Bonchev–Trinajstić information content (AvgIpc) is 1.92. The van der Waals surface area contributed by atoms with Crippen LogP contribution in [0.2, 0.25) is 0 Å². The van der Waals surface area contributed by atoms with Crippen molar-refractivity contribution in [2.45, 2.75) is 44.6 Å². The van der Waals surface area contributed by atoms with E-state index in [0.717, 1.165) is 12.3 Å². The van der Waals surface area contributed by atoms with Gasteiger partial charge in [0.05, 0.1) is 0 Å². The second-order valence-corrected chi connectivity index (χ2v) is 4.19. The monoisotopic (exact) mass is 153 g/mol. The van der Waals surface area contributed by atoms with Gasteiger partial charge in [0.1, 0.15) is 0 Å². The fourth-order valence-electron chi connectivity index (χ4n) is 2.20. The standard InChI is InChI=1S/C9H15NO/c1-7-2-4-9(5-3-7)6-8(11)10-9/h7H,2-6H2,1H3,(H,10,11). The molecule has 1 aliphatic carbocycles. The molecule has 1 saturated heterocycles. The van der Waals surface area contributed by atoms with E-state index in [-0.39, 0.29) is 11.4 Å². The topological polar surface area (TPSA) is 29.1 Å². The van der Waals surface area contributed by atoms with E-state index in [4.69, 9.17) is 0 Å². The van der Waals surface area contributed by atoms with Crippen LogP contribution in [0.3, 0.4) is 0 Å². The maximum atomic E-state index is 10.7. The van der Waals surface area contributed by atoms with Gasteiger partial charge in [-0.05, 0) is 31.6 Å². The van der Waals surface area contributed by atoms with Gasteiger partial charge in [-0.1, -0.05) is 6.92 Å². The van der Waals surface area contributed by atoms with Crippen molar-refractivity contribution in [2.24, 2.45) is 5.92 Å². The Balaban J connectivity index is 1.92. The summed E-state index contributed by atoms with van der Waals surface area (Å²) in [5.41, 5.74) is 0.254. The Hall–Kier alpha value is -0.530. The van der Waals surface area contributed by atoms with Crippen LogP contribution in [0.15, 0.2) is 0 Å². The lowest BCUT2D eigenvalue weighted by Crippen LogP contribution is -2.62. The summed E-state index contributed by atoms with van der Waals surface area (Å²) in [6.45, 7) is 2.30. The Labute approximate surface area is 67.4 Å². The van der Waals surface area contributed by atoms with Gasteiger partial charge in [-0.3, -0.25) is 4.79 Å². The first-order valence-corrected chi connectivity index (χ1v) is 4.51. The molecular formula is C9H15NO. The molecule has 1 aliphatic heterocycles. The van der Waals surface area contributed by atoms with Crippen LogP contribution in [-0.2, 0) is 4.79 Å². The molecule has 62 valence electrons. The van der Waals surface area contributed by atoms with Crippen LogP contribution >= 0.6 is 0 Å². The van der Waals surface area contributed by atoms with Crippen molar-refractivity contribution in [1.82, 2.24) is 5.32 Å². The summed E-state index contributed by atoms with van der Waals surface area (Å²) in [6, 6.07) is 0. The Kier molecular flexibility index (Phi) is 1.44. The van der Waals surface area contributed by atoms with Crippen LogP contribution < -0.4 is 5.32 Å². The zero-order valence-corrected chi connectivity index (χ0v) is 7.02. The third-order valence-electron chi connectivity index (χ3n) is 3.13. The third kappa shape index (κ3) is 1.15. The highest BCUT2D eigenvalue weighted by Crippen LogP contribution is 2.38. The van der Waals surface area contributed by atoms with Gasteiger partial charge in [-0.25, -0.2) is 0 Å². The molecule has 0 aromatic carbocycles. The largest absolute Gasteiger partial charge is 0.350 e. The number of carbonyl (C=O) groups is 1. The fourth-order valence-corrected chi connectivity index (χ4v) is 2.20. The summed E-state index contributed by atoms with van der Waals surface area (Å²) in [5, 5.41) is 3.04. The second-order valence-electron chi connectivity index (χ2n) is 4.19. The van der Waals surface area contributed by atoms with E-state index in [1.54, 1.807) is 0 Å². The first-order valence-electron chi connectivity index (χ1n) is 4.51. The Morgan fingerprint density at radius 1 is 1.45 bits per heavy atom. The predicted molar refractivity (Wildman–Crippen MR) is 43.1 cm³/mol. The molecular weight excluding hydrogens is 138 g/mol. The average molecular weight is 153 g/mol. The van der Waals surface area contributed by atoms with E-state index >= 15 is 0 Å². The SMILES string of the molecule is CC1CCC2(CC1)CC(=O)N2. The highest BCUT2D eigenvalue weighted by molar-refractivity contribution is 5.84. The van der Waals surface area contributed by atoms with Gasteiger partial charge >= 0.3 is 0 Å². The molecule has 0 atom stereocenters. The molecule has 0 aromatic rings. The molecule has 2 nitrogen and oxygen atoms in total. The Bertz CT molecular complexity index is 170. The molecule has 0 aromatic heterocycles. The lowest BCUT2D eigenvalue weighted by Gasteiger charge is -2.46. The number of β-lactam (4-membered cyclic amide) rings is 1. The minimum Gasteiger partial charge on any atom is -0.350 e. The van der Waals surface area contributed by atoms with Crippen LogP contribution in [0.25, 0.3) is 0 Å². The summed E-state index contributed by atoms with van der Waals surface area (Å²) in [6.07, 6.45) is 5.79. The molecule has 1 amide bonds. The van der Waals surface area contributed by atoms with E-state index in [9.17, 15) is 4.79 Å². The van der Waals surface area contributed by atoms with Crippen molar-refractivity contribution in [3.8, 4) is 0 Å². The molecule has 0 bridgehead atoms. The maximum Gasteiger partial charge on any atom is 0.222 e. The number of nitrogens with one attached hydrogen (secondary N) is 1. The minimum absolute atomic E-state index is 0.250. The first kappa shape index (κ1) is 7.14. The maximum absolute atomic E-state index is 10.7. The van der Waals surface area contributed by atoms with Crippen molar-refractivity contribution in [3.63, 3.8) is 0 Å². The predicted octanol–water partition coefficient (Wildman–Crippen LogP) is 1.46. The van der Waals surface area contributed by atoms with Gasteiger partial charge in [0.15, 0.2) is 0 Å². The molecule has 0 radical (unpaired) electrons. The molecule has 1 saturated carbocycles. The second kappa shape index (κ2) is 2.23. The van der Waals surface area contributed by atoms with Gasteiger partial charge < -0.3 is 5.32 Å². The fraction of sp³-hybridized carbons (Fsp3) is 0.889. The van der Waals surface area contributed by atoms with Gasteiger partial charge in [-0.15, -0.1) is 0 Å². The number of rotatable bonds is 0. The highest BCUT2D eigenvalue weighted by Gasteiger charge is 2.44. The summed E-state index contributed by atoms with van der Waals surface area (Å²) in [4.78, 5) is 10.7. The first-order chi connectivity index (χ1) is 5.20. The van der Waals surface area contributed by atoms with Crippen LogP contribution in [-0.4, -0.2) is 11.4 Å². The van der Waals surface area contributed by atoms with E-state index in [1.807, 2.05) is 0 Å². The normalized spacial score (nSPS) is 43.4. The molecule has 1 spiro atoms. The summed E-state index contributed by atoms with van der Waals surface area (Å²) >= 11 is 0. The van der Waals surface area contributed by atoms with E-state index in [0.29, 0.717) is 0 Å². The minimum atomic E-state index is 0.250. The molecule has 2 rings (SSSR count). The number of carbonyl (C=O) groups excluding carboxylic acids is 1. The molecule has 1 N–H and O–H groups in total. The summed E-state index contributed by atoms with van der Waals surface area (Å²) in [5.74, 6) is 1.12. The van der Waals surface area contributed by atoms with Gasteiger partial charge in [0.25, 0.3) is 0 Å². The molecule has 1 heterocycles. The van der Waals surface area contributed by atoms with E-state index in [1.165, 1.54) is 25.7 Å². The molecule has 11 heavy (non-hydrogen) atoms. The van der Waals surface area contributed by atoms with Gasteiger partial charge in [0, 0.05) is 12.0 Å². The third-order valence-corrected chi connectivity index (χ3v) is 3.13. The number of amides is 1. The molecule has 0 unspecified atom stereocenters. The molecule has 2 fully saturated rings. The van der Waals surface area contributed by atoms with Crippen LogP contribution in [0, 0.1) is 5.92 Å². The zero-order chi connectivity index (χ0) is 7.90. The van der Waals surface area contributed by atoms with Crippen molar-refractivity contribution in [3.05, 3.63) is 0 Å². The molecule has 2 heteroatoms. The quantitative estimate of drug-likeness (QED) is 0.524. The van der Waals surface area contributed by atoms with Crippen molar-refractivity contribution in [2.75, 3.05) is 0 Å². The van der Waals surface area contributed by atoms with E-state index in [2.05, 4.69) is 12.2 Å². The van der Waals surface area contributed by atoms with Gasteiger partial charge in [0.2, 0.25) is 5.91 Å². The number of hydrogen-bond acceptors (Lipinski definition) is 1. The van der Waals surface area contributed by atoms with Crippen molar-refractivity contribution in [1.29, 1.82) is 0 Å². The lowest BCUT2D eigenvalue weighted by molar-refractivity contribution is -0.134. The Morgan fingerprint density at radius 3 is 2.45 bits per heavy atom. The van der Waals surface area contributed by atoms with Gasteiger partial charge in [-0.2, -0.15) is 0 Å².